The molecule has 0 radical (unpaired) electrons. The number of nitrogens with one attached hydrogen (secondary N) is 2. The Labute approximate surface area is 203 Å². The lowest BCUT2D eigenvalue weighted by Crippen LogP contribution is -2.21. The van der Waals surface area contributed by atoms with Crippen molar-refractivity contribution in [2.45, 2.75) is 12.7 Å². The number of fused-ring (bicyclic) bond motifs is 1. The number of amides is 2. The average molecular weight is 503 g/mol. The molecule has 3 aromatic rings. The Morgan fingerprint density at radius 2 is 1.92 bits per heavy atom. The Bertz CT molecular complexity index is 1330. The first-order valence-corrected chi connectivity index (χ1v) is 10.4. The second-order valence-electron chi connectivity index (χ2n) is 7.64. The number of hydrogen-bond donors (Lipinski definition) is 2. The smallest absolute Gasteiger partial charge is 0.423 e. The number of anilines is 2. The lowest BCUT2D eigenvalue weighted by Gasteiger charge is -2.16. The van der Waals surface area contributed by atoms with Crippen LogP contribution in [-0.2, 0) is 17.6 Å². The van der Waals surface area contributed by atoms with Crippen LogP contribution in [0.5, 0.6) is 17.4 Å². The van der Waals surface area contributed by atoms with Crippen LogP contribution in [0.15, 0.2) is 42.6 Å². The minimum atomic E-state index is -4.82. The van der Waals surface area contributed by atoms with E-state index in [1.807, 2.05) is 0 Å². The third kappa shape index (κ3) is 4.86. The van der Waals surface area contributed by atoms with Crippen LogP contribution in [0.1, 0.15) is 31.8 Å². The fourth-order valence-corrected chi connectivity index (χ4v) is 3.56. The number of nitrogens with zero attached hydrogens (tertiary/aromatic N) is 3. The fourth-order valence-electron chi connectivity index (χ4n) is 3.56. The first kappa shape index (κ1) is 24.7. The van der Waals surface area contributed by atoms with E-state index in [1.165, 1.54) is 43.4 Å². The summed E-state index contributed by atoms with van der Waals surface area (Å²) in [6.45, 7) is 0.312. The number of aromatic nitrogens is 2. The highest BCUT2D eigenvalue weighted by atomic mass is 19.4. The van der Waals surface area contributed by atoms with Crippen molar-refractivity contribution in [3.8, 4) is 17.4 Å². The van der Waals surface area contributed by atoms with Crippen molar-refractivity contribution in [2.24, 2.45) is 0 Å². The molecule has 36 heavy (non-hydrogen) atoms. The van der Waals surface area contributed by atoms with Crippen molar-refractivity contribution >= 4 is 23.5 Å². The van der Waals surface area contributed by atoms with Crippen LogP contribution in [-0.4, -0.2) is 47.9 Å². The number of carbonyl (C=O) groups is 2. The van der Waals surface area contributed by atoms with Crippen molar-refractivity contribution in [1.29, 1.82) is 0 Å². The standard InChI is InChI=1S/C23H20F3N5O5/c1-31-11-13-5-4-6-16(18(13)21(31)33)36-20-14(23(24,25)26)10-27-22(29-20)28-15-8-7-12(9-17(15)34-2)19(32)30-35-3/h4-10H,11H2,1-3H3,(H,30,32)(H,27,28,29). The number of benzene rings is 2. The lowest BCUT2D eigenvalue weighted by molar-refractivity contribution is -0.139. The molecule has 0 aliphatic carbocycles. The minimum Gasteiger partial charge on any atom is -0.495 e. The Hall–Kier alpha value is -4.39. The van der Waals surface area contributed by atoms with Gasteiger partial charge in [-0.15, -0.1) is 0 Å². The second-order valence-corrected chi connectivity index (χ2v) is 7.64. The molecule has 2 amide bonds. The summed E-state index contributed by atoms with van der Waals surface area (Å²) in [6, 6.07) is 8.98. The first-order chi connectivity index (χ1) is 17.1. The molecule has 1 aliphatic heterocycles. The molecule has 0 bridgehead atoms. The van der Waals surface area contributed by atoms with Crippen molar-refractivity contribution < 1.29 is 37.1 Å². The van der Waals surface area contributed by atoms with Gasteiger partial charge in [0.2, 0.25) is 11.8 Å². The van der Waals surface area contributed by atoms with E-state index in [2.05, 4.69) is 25.6 Å². The molecule has 4 rings (SSSR count). The Balaban J connectivity index is 1.69. The van der Waals surface area contributed by atoms with Crippen LogP contribution < -0.4 is 20.3 Å². The highest BCUT2D eigenvalue weighted by Crippen LogP contribution is 2.40. The summed E-state index contributed by atoms with van der Waals surface area (Å²) in [7, 11) is 4.22. The molecule has 0 saturated carbocycles. The van der Waals surface area contributed by atoms with Crippen LogP contribution in [0, 0.1) is 0 Å². The molecule has 0 saturated heterocycles. The second kappa shape index (κ2) is 9.70. The summed E-state index contributed by atoms with van der Waals surface area (Å²) in [5.41, 5.74) is 2.23. The number of hydrogen-bond acceptors (Lipinski definition) is 8. The van der Waals surface area contributed by atoms with Crippen molar-refractivity contribution in [1.82, 2.24) is 20.3 Å². The van der Waals surface area contributed by atoms with E-state index in [9.17, 15) is 22.8 Å². The lowest BCUT2D eigenvalue weighted by atomic mass is 10.1. The summed E-state index contributed by atoms with van der Waals surface area (Å²) in [6.07, 6.45) is -4.24. The third-order valence-electron chi connectivity index (χ3n) is 5.25. The van der Waals surface area contributed by atoms with Crippen LogP contribution in [0.2, 0.25) is 0 Å². The summed E-state index contributed by atoms with van der Waals surface area (Å²) in [4.78, 5) is 38.2. The Morgan fingerprint density at radius 3 is 2.61 bits per heavy atom. The molecule has 2 N–H and O–H groups in total. The van der Waals surface area contributed by atoms with Crippen LogP contribution in [0.4, 0.5) is 24.8 Å². The van der Waals surface area contributed by atoms with E-state index in [4.69, 9.17) is 9.47 Å². The van der Waals surface area contributed by atoms with Gasteiger partial charge in [0, 0.05) is 25.4 Å². The number of ether oxygens (including phenoxy) is 2. The molecule has 1 aliphatic rings. The van der Waals surface area contributed by atoms with Gasteiger partial charge in [0.05, 0.1) is 25.5 Å². The van der Waals surface area contributed by atoms with Gasteiger partial charge in [-0.05, 0) is 29.8 Å². The molecule has 0 unspecified atom stereocenters. The van der Waals surface area contributed by atoms with E-state index in [0.29, 0.717) is 18.3 Å². The van der Waals surface area contributed by atoms with Crippen LogP contribution in [0.3, 0.4) is 0 Å². The number of halogens is 3. The van der Waals surface area contributed by atoms with Crippen molar-refractivity contribution in [2.75, 3.05) is 26.6 Å². The number of methoxy groups -OCH3 is 1. The molecule has 10 nitrogen and oxygen atoms in total. The maximum atomic E-state index is 13.7. The molecule has 13 heteroatoms. The van der Waals surface area contributed by atoms with E-state index in [1.54, 1.807) is 19.2 Å². The van der Waals surface area contributed by atoms with Gasteiger partial charge in [0.1, 0.15) is 17.1 Å². The highest BCUT2D eigenvalue weighted by Gasteiger charge is 2.37. The molecule has 0 atom stereocenters. The van der Waals surface area contributed by atoms with E-state index in [-0.39, 0.29) is 40.2 Å². The molecular formula is C23H20F3N5O5. The first-order valence-electron chi connectivity index (χ1n) is 10.4. The summed E-state index contributed by atoms with van der Waals surface area (Å²) < 4.78 is 51.9. The number of alkyl halides is 3. The zero-order valence-corrected chi connectivity index (χ0v) is 19.3. The largest absolute Gasteiger partial charge is 0.495 e. The highest BCUT2D eigenvalue weighted by molar-refractivity contribution is 6.01. The van der Waals surface area contributed by atoms with Gasteiger partial charge < -0.3 is 19.7 Å². The Kier molecular flexibility index (Phi) is 6.66. The SMILES string of the molecule is CONC(=O)c1ccc(Nc2ncc(C(F)(F)F)c(Oc3cccc4c3C(=O)N(C)C4)n2)c(OC)c1. The zero-order chi connectivity index (χ0) is 26.0. The molecule has 188 valence electrons. The van der Waals surface area contributed by atoms with Crippen molar-refractivity contribution in [3.05, 3.63) is 64.8 Å². The van der Waals surface area contributed by atoms with Gasteiger partial charge in [-0.3, -0.25) is 14.4 Å². The maximum Gasteiger partial charge on any atom is 0.423 e. The molecule has 1 aromatic heterocycles. The molecule has 2 aromatic carbocycles. The van der Waals surface area contributed by atoms with Gasteiger partial charge in [0.15, 0.2) is 0 Å². The summed E-state index contributed by atoms with van der Waals surface area (Å²) in [5, 5.41) is 2.76. The predicted molar refractivity (Wildman–Crippen MR) is 120 cm³/mol. The minimum absolute atomic E-state index is 0.0527. The third-order valence-corrected chi connectivity index (χ3v) is 5.25. The fraction of sp³-hybridized carbons (Fsp3) is 0.217. The van der Waals surface area contributed by atoms with Gasteiger partial charge in [-0.25, -0.2) is 10.5 Å². The molecule has 2 heterocycles. The van der Waals surface area contributed by atoms with Crippen LogP contribution >= 0.6 is 0 Å². The molecule has 0 fully saturated rings. The van der Waals surface area contributed by atoms with E-state index in [0.717, 1.165) is 0 Å². The molecule has 0 spiro atoms. The number of hydroxylamine groups is 1. The topological polar surface area (TPSA) is 115 Å². The average Bonchev–Trinajstić information content (AvgIpc) is 3.13. The number of carbonyl (C=O) groups excluding carboxylic acids is 2. The maximum absolute atomic E-state index is 13.7. The van der Waals surface area contributed by atoms with E-state index < -0.39 is 23.5 Å². The summed E-state index contributed by atoms with van der Waals surface area (Å²) >= 11 is 0. The van der Waals surface area contributed by atoms with Gasteiger partial charge in [0.25, 0.3) is 11.8 Å². The monoisotopic (exact) mass is 503 g/mol. The quantitative estimate of drug-likeness (QED) is 0.467. The molecular weight excluding hydrogens is 483 g/mol. The Morgan fingerprint density at radius 1 is 1.14 bits per heavy atom. The van der Waals surface area contributed by atoms with E-state index >= 15 is 0 Å². The van der Waals surface area contributed by atoms with Crippen molar-refractivity contribution in [3.63, 3.8) is 0 Å². The predicted octanol–water partition coefficient (Wildman–Crippen LogP) is 3.92. The van der Waals surface area contributed by atoms with Gasteiger partial charge >= 0.3 is 6.18 Å². The normalized spacial score (nSPS) is 12.8. The van der Waals surface area contributed by atoms with Gasteiger partial charge in [-0.1, -0.05) is 12.1 Å². The van der Waals surface area contributed by atoms with Crippen LogP contribution in [0.25, 0.3) is 0 Å². The summed E-state index contributed by atoms with van der Waals surface area (Å²) in [5.74, 6) is -1.78. The van der Waals surface area contributed by atoms with Gasteiger partial charge in [-0.2, -0.15) is 18.2 Å². The zero-order valence-electron chi connectivity index (χ0n) is 19.3. The number of rotatable bonds is 7.